The van der Waals surface area contributed by atoms with Crippen LogP contribution in [0.5, 0.6) is 17.2 Å². The van der Waals surface area contributed by atoms with Crippen molar-refractivity contribution < 1.29 is 38.8 Å². The minimum absolute atomic E-state index is 0.00510. The summed E-state index contributed by atoms with van der Waals surface area (Å²) in [6.45, 7) is -0.0370. The molecule has 0 spiro atoms. The molecule has 0 saturated heterocycles. The average molecular weight is 324 g/mol. The highest BCUT2D eigenvalue weighted by atomic mass is 16.5. The van der Waals surface area contributed by atoms with Gasteiger partial charge in [0.15, 0.2) is 0 Å². The number of carbonyl (C=O) groups is 3. The first-order valence-corrected chi connectivity index (χ1v) is 6.57. The summed E-state index contributed by atoms with van der Waals surface area (Å²) in [7, 11) is 1.18. The first-order chi connectivity index (χ1) is 10.9. The summed E-state index contributed by atoms with van der Waals surface area (Å²) in [6, 6.07) is 3.45. The Kier molecular flexibility index (Phi) is 7.12. The van der Waals surface area contributed by atoms with Gasteiger partial charge in [0.1, 0.15) is 17.2 Å². The molecule has 23 heavy (non-hydrogen) atoms. The van der Waals surface area contributed by atoms with Crippen molar-refractivity contribution in [3.63, 3.8) is 0 Å². The number of aromatic hydroxyl groups is 2. The van der Waals surface area contributed by atoms with Crippen LogP contribution < -0.4 is 4.74 Å². The van der Waals surface area contributed by atoms with Gasteiger partial charge >= 0.3 is 17.9 Å². The molecule has 124 valence electrons. The Labute approximate surface area is 131 Å². The van der Waals surface area contributed by atoms with Gasteiger partial charge in [0.25, 0.3) is 0 Å². The van der Waals surface area contributed by atoms with E-state index in [4.69, 9.17) is 9.47 Å². The standard InChI is InChI=1S/C15H16O8/c1-21-13(18)4-5-14(19)22-6-2-3-15(20)23-12-8-10(16)7-11(17)9-12/h4-5,7-9,16-17H,2-3,6H2,1H3/b5-4+. The van der Waals surface area contributed by atoms with Crippen molar-refractivity contribution in [3.8, 4) is 17.2 Å². The Hall–Kier alpha value is -3.03. The van der Waals surface area contributed by atoms with E-state index in [2.05, 4.69) is 4.74 Å². The highest BCUT2D eigenvalue weighted by molar-refractivity contribution is 5.91. The van der Waals surface area contributed by atoms with Crippen LogP contribution in [0.4, 0.5) is 0 Å². The SMILES string of the molecule is COC(=O)/C=C/C(=O)OCCCC(=O)Oc1cc(O)cc(O)c1. The number of phenols is 2. The van der Waals surface area contributed by atoms with Crippen LogP contribution in [0.1, 0.15) is 12.8 Å². The van der Waals surface area contributed by atoms with Gasteiger partial charge in [-0.15, -0.1) is 0 Å². The third kappa shape index (κ3) is 7.51. The van der Waals surface area contributed by atoms with Gasteiger partial charge in [-0.05, 0) is 6.42 Å². The van der Waals surface area contributed by atoms with E-state index in [9.17, 15) is 24.6 Å². The van der Waals surface area contributed by atoms with E-state index < -0.39 is 17.9 Å². The first-order valence-electron chi connectivity index (χ1n) is 6.57. The Balaban J connectivity index is 2.27. The maximum atomic E-state index is 11.5. The Morgan fingerprint density at radius 3 is 2.26 bits per heavy atom. The third-order valence-electron chi connectivity index (χ3n) is 2.43. The Morgan fingerprint density at radius 1 is 1.04 bits per heavy atom. The molecule has 0 bridgehead atoms. The molecule has 0 aliphatic heterocycles. The lowest BCUT2D eigenvalue weighted by molar-refractivity contribution is -0.140. The molecule has 0 saturated carbocycles. The van der Waals surface area contributed by atoms with Crippen molar-refractivity contribution in [3.05, 3.63) is 30.4 Å². The van der Waals surface area contributed by atoms with Crippen LogP contribution in [0.2, 0.25) is 0 Å². The Bertz CT molecular complexity index is 585. The van der Waals surface area contributed by atoms with Crippen LogP contribution in [0.15, 0.2) is 30.4 Å². The van der Waals surface area contributed by atoms with E-state index >= 15 is 0 Å². The number of esters is 3. The zero-order valence-corrected chi connectivity index (χ0v) is 12.4. The minimum Gasteiger partial charge on any atom is -0.508 e. The monoisotopic (exact) mass is 324 g/mol. The largest absolute Gasteiger partial charge is 0.508 e. The molecule has 1 rings (SSSR count). The van der Waals surface area contributed by atoms with Crippen molar-refractivity contribution in [1.82, 2.24) is 0 Å². The zero-order chi connectivity index (χ0) is 17.2. The number of ether oxygens (including phenoxy) is 3. The number of carbonyl (C=O) groups excluding carboxylic acids is 3. The third-order valence-corrected chi connectivity index (χ3v) is 2.43. The lowest BCUT2D eigenvalue weighted by atomic mass is 10.3. The smallest absolute Gasteiger partial charge is 0.331 e. The molecule has 8 nitrogen and oxygen atoms in total. The van der Waals surface area contributed by atoms with E-state index in [-0.39, 0.29) is 36.7 Å². The van der Waals surface area contributed by atoms with Crippen molar-refractivity contribution in [2.24, 2.45) is 0 Å². The summed E-state index contributed by atoms with van der Waals surface area (Å²) in [4.78, 5) is 33.5. The normalized spacial score (nSPS) is 10.3. The molecule has 2 N–H and O–H groups in total. The van der Waals surface area contributed by atoms with Gasteiger partial charge in [0.2, 0.25) is 0 Å². The predicted octanol–water partition coefficient (Wildman–Crippen LogP) is 1.06. The predicted molar refractivity (Wildman–Crippen MR) is 76.8 cm³/mol. The average Bonchev–Trinajstić information content (AvgIpc) is 2.48. The van der Waals surface area contributed by atoms with E-state index in [1.807, 2.05) is 0 Å². The minimum atomic E-state index is -0.735. The second-order valence-electron chi connectivity index (χ2n) is 4.29. The fraction of sp³-hybridized carbons (Fsp3) is 0.267. The number of rotatable bonds is 7. The highest BCUT2D eigenvalue weighted by Gasteiger charge is 2.08. The topological polar surface area (TPSA) is 119 Å². The van der Waals surface area contributed by atoms with Crippen molar-refractivity contribution in [2.45, 2.75) is 12.8 Å². The van der Waals surface area contributed by atoms with Crippen LogP contribution in [-0.4, -0.2) is 41.8 Å². The highest BCUT2D eigenvalue weighted by Crippen LogP contribution is 2.25. The summed E-state index contributed by atoms with van der Waals surface area (Å²) in [6.07, 6.45) is 2.01. The lowest BCUT2D eigenvalue weighted by Crippen LogP contribution is -2.10. The molecule has 0 radical (unpaired) electrons. The van der Waals surface area contributed by atoms with E-state index in [0.717, 1.165) is 18.2 Å². The number of methoxy groups -OCH3 is 1. The van der Waals surface area contributed by atoms with E-state index in [1.54, 1.807) is 0 Å². The van der Waals surface area contributed by atoms with Crippen LogP contribution in [0.3, 0.4) is 0 Å². The van der Waals surface area contributed by atoms with Crippen molar-refractivity contribution in [1.29, 1.82) is 0 Å². The fourth-order valence-corrected chi connectivity index (χ4v) is 1.45. The molecular formula is C15H16O8. The van der Waals surface area contributed by atoms with Crippen LogP contribution in [0, 0.1) is 0 Å². The van der Waals surface area contributed by atoms with Gasteiger partial charge in [0, 0.05) is 36.8 Å². The molecule has 0 aliphatic rings. The van der Waals surface area contributed by atoms with Gasteiger partial charge in [0.05, 0.1) is 13.7 Å². The first kappa shape index (κ1) is 18.0. The molecule has 0 atom stereocenters. The van der Waals surface area contributed by atoms with Gasteiger partial charge in [-0.1, -0.05) is 0 Å². The molecule has 1 aromatic rings. The number of benzene rings is 1. The molecular weight excluding hydrogens is 308 g/mol. The van der Waals surface area contributed by atoms with Gasteiger partial charge in [-0.2, -0.15) is 0 Å². The second kappa shape index (κ2) is 9.08. The summed E-state index contributed by atoms with van der Waals surface area (Å²) < 4.78 is 14.0. The molecule has 0 unspecified atom stereocenters. The molecule has 0 fully saturated rings. The van der Waals surface area contributed by atoms with Crippen molar-refractivity contribution in [2.75, 3.05) is 13.7 Å². The molecule has 0 aliphatic carbocycles. The molecule has 0 amide bonds. The van der Waals surface area contributed by atoms with Gasteiger partial charge in [-0.3, -0.25) is 4.79 Å². The second-order valence-corrected chi connectivity index (χ2v) is 4.29. The van der Waals surface area contributed by atoms with Crippen LogP contribution in [-0.2, 0) is 23.9 Å². The molecule has 0 aromatic heterocycles. The van der Waals surface area contributed by atoms with E-state index in [1.165, 1.54) is 19.2 Å². The molecule has 8 heteroatoms. The maximum absolute atomic E-state index is 11.5. The number of hydrogen-bond acceptors (Lipinski definition) is 8. The van der Waals surface area contributed by atoms with Crippen LogP contribution >= 0.6 is 0 Å². The lowest BCUT2D eigenvalue weighted by Gasteiger charge is -2.05. The molecule has 0 heterocycles. The van der Waals surface area contributed by atoms with Crippen LogP contribution in [0.25, 0.3) is 0 Å². The van der Waals surface area contributed by atoms with Gasteiger partial charge in [-0.25, -0.2) is 9.59 Å². The van der Waals surface area contributed by atoms with E-state index in [0.29, 0.717) is 0 Å². The zero-order valence-electron chi connectivity index (χ0n) is 12.4. The summed E-state index contributed by atoms with van der Waals surface area (Å²) in [5, 5.41) is 18.5. The summed E-state index contributed by atoms with van der Waals surface area (Å²) in [5.41, 5.74) is 0. The molecule has 1 aromatic carbocycles. The number of hydrogen-bond donors (Lipinski definition) is 2. The number of phenolic OH excluding ortho intramolecular Hbond substituents is 2. The Morgan fingerprint density at radius 2 is 1.65 bits per heavy atom. The maximum Gasteiger partial charge on any atom is 0.331 e. The van der Waals surface area contributed by atoms with Crippen molar-refractivity contribution >= 4 is 17.9 Å². The van der Waals surface area contributed by atoms with Gasteiger partial charge < -0.3 is 24.4 Å². The quantitative estimate of drug-likeness (QED) is 0.331. The fourth-order valence-electron chi connectivity index (χ4n) is 1.45. The summed E-state index contributed by atoms with van der Waals surface area (Å²) >= 11 is 0. The summed E-state index contributed by atoms with van der Waals surface area (Å²) in [5.74, 6) is -2.50.